The third-order valence-electron chi connectivity index (χ3n) is 3.08. The number of nitrogens with one attached hydrogen (secondary N) is 1. The Balaban J connectivity index is 2.14. The number of carbonyl (C=O) groups excluding carboxylic acids is 1. The van der Waals surface area contributed by atoms with Crippen LogP contribution in [0.5, 0.6) is 0 Å². The fourth-order valence-corrected chi connectivity index (χ4v) is 1.97. The molecular formula is C16H19N3O. The number of hydrogen-bond donors (Lipinski definition) is 1. The normalized spacial score (nSPS) is 11.8. The molecule has 1 aromatic carbocycles. The monoisotopic (exact) mass is 269 g/mol. The summed E-state index contributed by atoms with van der Waals surface area (Å²) < 4.78 is 0. The van der Waals surface area contributed by atoms with Crippen LogP contribution in [-0.4, -0.2) is 29.9 Å². The van der Waals surface area contributed by atoms with Gasteiger partial charge in [-0.3, -0.25) is 9.78 Å². The van der Waals surface area contributed by atoms with E-state index in [1.54, 1.807) is 25.2 Å². The lowest BCUT2D eigenvalue weighted by molar-refractivity contribution is 0.0827. The molecule has 0 saturated heterocycles. The van der Waals surface area contributed by atoms with Gasteiger partial charge < -0.3 is 10.2 Å². The Labute approximate surface area is 119 Å². The largest absolute Gasteiger partial charge is 0.378 e. The molecule has 0 bridgehead atoms. The van der Waals surface area contributed by atoms with E-state index in [1.165, 1.54) is 0 Å². The molecule has 0 radical (unpaired) electrons. The second kappa shape index (κ2) is 6.19. The Morgan fingerprint density at radius 2 is 2.05 bits per heavy atom. The van der Waals surface area contributed by atoms with Crippen molar-refractivity contribution >= 4 is 11.6 Å². The molecule has 1 N–H and O–H groups in total. The number of anilines is 1. The minimum absolute atomic E-state index is 0.00248. The lowest BCUT2D eigenvalue weighted by atomic mass is 10.1. The maximum atomic E-state index is 11.9. The van der Waals surface area contributed by atoms with Gasteiger partial charge in [-0.1, -0.05) is 12.1 Å². The van der Waals surface area contributed by atoms with Gasteiger partial charge in [0, 0.05) is 37.7 Å². The lowest BCUT2D eigenvalue weighted by Crippen LogP contribution is -2.21. The predicted octanol–water partition coefficient (Wildman–Crippen LogP) is 2.96. The molecule has 20 heavy (non-hydrogen) atoms. The summed E-state index contributed by atoms with van der Waals surface area (Å²) in [5.74, 6) is 0.00248. The molecule has 1 heterocycles. The van der Waals surface area contributed by atoms with Crippen molar-refractivity contribution in [3.63, 3.8) is 0 Å². The first-order chi connectivity index (χ1) is 9.58. The summed E-state index contributed by atoms with van der Waals surface area (Å²) in [4.78, 5) is 17.6. The first-order valence-corrected chi connectivity index (χ1v) is 6.56. The quantitative estimate of drug-likeness (QED) is 0.928. The molecule has 1 unspecified atom stereocenters. The second-order valence-corrected chi connectivity index (χ2v) is 4.93. The number of carbonyl (C=O) groups is 1. The van der Waals surface area contributed by atoms with Gasteiger partial charge in [0.2, 0.25) is 0 Å². The van der Waals surface area contributed by atoms with Gasteiger partial charge >= 0.3 is 0 Å². The zero-order chi connectivity index (χ0) is 14.5. The molecule has 4 nitrogen and oxygen atoms in total. The summed E-state index contributed by atoms with van der Waals surface area (Å²) in [7, 11) is 3.50. The Morgan fingerprint density at radius 1 is 1.25 bits per heavy atom. The highest BCUT2D eigenvalue weighted by atomic mass is 16.2. The van der Waals surface area contributed by atoms with Gasteiger partial charge in [-0.15, -0.1) is 0 Å². The van der Waals surface area contributed by atoms with Crippen LogP contribution < -0.4 is 5.32 Å². The number of benzene rings is 1. The van der Waals surface area contributed by atoms with Gasteiger partial charge in [-0.2, -0.15) is 0 Å². The summed E-state index contributed by atoms with van der Waals surface area (Å²) in [6.07, 6.45) is 3.60. The van der Waals surface area contributed by atoms with Gasteiger partial charge in [0.05, 0.1) is 6.04 Å². The van der Waals surface area contributed by atoms with Gasteiger partial charge in [-0.05, 0) is 36.8 Å². The number of rotatable bonds is 4. The molecule has 2 rings (SSSR count). The maximum Gasteiger partial charge on any atom is 0.253 e. The molecule has 0 aliphatic carbocycles. The van der Waals surface area contributed by atoms with E-state index in [2.05, 4.69) is 17.2 Å². The second-order valence-electron chi connectivity index (χ2n) is 4.93. The third-order valence-corrected chi connectivity index (χ3v) is 3.08. The van der Waals surface area contributed by atoms with Crippen LogP contribution in [0.15, 0.2) is 48.8 Å². The van der Waals surface area contributed by atoms with Crippen molar-refractivity contribution in [2.45, 2.75) is 13.0 Å². The fraction of sp³-hybridized carbons (Fsp3) is 0.250. The number of aromatic nitrogens is 1. The van der Waals surface area contributed by atoms with E-state index in [-0.39, 0.29) is 11.9 Å². The minimum Gasteiger partial charge on any atom is -0.378 e. The lowest BCUT2D eigenvalue weighted by Gasteiger charge is -2.16. The maximum absolute atomic E-state index is 11.9. The van der Waals surface area contributed by atoms with Crippen LogP contribution >= 0.6 is 0 Å². The molecular weight excluding hydrogens is 250 g/mol. The Morgan fingerprint density at radius 3 is 2.70 bits per heavy atom. The van der Waals surface area contributed by atoms with Gasteiger partial charge in [0.15, 0.2) is 0 Å². The SMILES string of the molecule is CC(Nc1cccc(C(=O)N(C)C)c1)c1cccnc1. The van der Waals surface area contributed by atoms with Crippen molar-refractivity contribution in [3.8, 4) is 0 Å². The van der Waals surface area contributed by atoms with E-state index in [1.807, 2.05) is 42.6 Å². The molecule has 1 aromatic heterocycles. The Kier molecular flexibility index (Phi) is 4.35. The van der Waals surface area contributed by atoms with E-state index < -0.39 is 0 Å². The molecule has 0 saturated carbocycles. The zero-order valence-corrected chi connectivity index (χ0v) is 12.0. The highest BCUT2D eigenvalue weighted by Gasteiger charge is 2.10. The highest BCUT2D eigenvalue weighted by Crippen LogP contribution is 2.19. The number of nitrogens with zero attached hydrogens (tertiary/aromatic N) is 2. The van der Waals surface area contributed by atoms with Crippen molar-refractivity contribution in [1.82, 2.24) is 9.88 Å². The fourth-order valence-electron chi connectivity index (χ4n) is 1.97. The molecule has 2 aromatic rings. The summed E-state index contributed by atoms with van der Waals surface area (Å²) >= 11 is 0. The molecule has 1 atom stereocenters. The van der Waals surface area contributed by atoms with E-state index in [0.717, 1.165) is 11.3 Å². The van der Waals surface area contributed by atoms with Crippen LogP contribution in [0.25, 0.3) is 0 Å². The molecule has 0 aliphatic rings. The van der Waals surface area contributed by atoms with Crippen LogP contribution in [0.2, 0.25) is 0 Å². The average Bonchev–Trinajstić information content (AvgIpc) is 2.47. The number of pyridine rings is 1. The van der Waals surface area contributed by atoms with Crippen LogP contribution in [0.4, 0.5) is 5.69 Å². The van der Waals surface area contributed by atoms with Crippen molar-refractivity contribution < 1.29 is 4.79 Å². The summed E-state index contributed by atoms with van der Waals surface area (Å²) in [6, 6.07) is 11.6. The van der Waals surface area contributed by atoms with Crippen LogP contribution in [-0.2, 0) is 0 Å². The molecule has 0 spiro atoms. The van der Waals surface area contributed by atoms with E-state index in [9.17, 15) is 4.79 Å². The summed E-state index contributed by atoms with van der Waals surface area (Å²) in [5, 5.41) is 3.38. The highest BCUT2D eigenvalue weighted by molar-refractivity contribution is 5.94. The number of hydrogen-bond acceptors (Lipinski definition) is 3. The van der Waals surface area contributed by atoms with E-state index in [4.69, 9.17) is 0 Å². The van der Waals surface area contributed by atoms with Crippen LogP contribution in [0.3, 0.4) is 0 Å². The molecule has 1 amide bonds. The number of amides is 1. The molecule has 0 fully saturated rings. The van der Waals surface area contributed by atoms with Crippen LogP contribution in [0.1, 0.15) is 28.9 Å². The summed E-state index contributed by atoms with van der Waals surface area (Å²) in [6.45, 7) is 2.07. The Bertz CT molecular complexity index is 581. The smallest absolute Gasteiger partial charge is 0.253 e. The van der Waals surface area contributed by atoms with Crippen molar-refractivity contribution in [2.75, 3.05) is 19.4 Å². The first-order valence-electron chi connectivity index (χ1n) is 6.56. The van der Waals surface area contributed by atoms with Crippen molar-refractivity contribution in [3.05, 3.63) is 59.9 Å². The first kappa shape index (κ1) is 14.1. The average molecular weight is 269 g/mol. The third kappa shape index (κ3) is 3.35. The van der Waals surface area contributed by atoms with E-state index >= 15 is 0 Å². The van der Waals surface area contributed by atoms with Gasteiger partial charge in [-0.25, -0.2) is 0 Å². The Hall–Kier alpha value is -2.36. The standard InChI is InChI=1S/C16H19N3O/c1-12(14-7-5-9-17-11-14)18-15-8-4-6-13(10-15)16(20)19(2)3/h4-12,18H,1-3H3. The predicted molar refractivity (Wildman–Crippen MR) is 80.7 cm³/mol. The van der Waals surface area contributed by atoms with Crippen molar-refractivity contribution in [2.24, 2.45) is 0 Å². The zero-order valence-electron chi connectivity index (χ0n) is 12.0. The van der Waals surface area contributed by atoms with Crippen molar-refractivity contribution in [1.29, 1.82) is 0 Å². The minimum atomic E-state index is 0.00248. The summed E-state index contributed by atoms with van der Waals surface area (Å²) in [5.41, 5.74) is 2.71. The van der Waals surface area contributed by atoms with Gasteiger partial charge in [0.25, 0.3) is 5.91 Å². The molecule has 104 valence electrons. The van der Waals surface area contributed by atoms with E-state index in [0.29, 0.717) is 5.56 Å². The van der Waals surface area contributed by atoms with Gasteiger partial charge in [0.1, 0.15) is 0 Å². The molecule has 0 aliphatic heterocycles. The topological polar surface area (TPSA) is 45.2 Å². The molecule has 4 heteroatoms. The van der Waals surface area contributed by atoms with Crippen LogP contribution in [0, 0.1) is 0 Å².